The number of ether oxygens (including phenoxy) is 2. The molecule has 7 nitrogen and oxygen atoms in total. The third-order valence-corrected chi connectivity index (χ3v) is 6.33. The minimum Gasteiger partial charge on any atom is -0.379 e. The fraction of sp³-hybridized carbons (Fsp3) is 0.588. The molecule has 8 heteroatoms. The van der Waals surface area contributed by atoms with E-state index in [0.29, 0.717) is 45.0 Å². The minimum absolute atomic E-state index is 0.00586. The van der Waals surface area contributed by atoms with Crippen LogP contribution in [0.4, 0.5) is 0 Å². The van der Waals surface area contributed by atoms with Crippen molar-refractivity contribution >= 4 is 15.9 Å². The molecule has 0 aliphatic carbocycles. The molecule has 0 unspecified atom stereocenters. The van der Waals surface area contributed by atoms with Crippen LogP contribution < -0.4 is 0 Å². The van der Waals surface area contributed by atoms with Crippen molar-refractivity contribution in [1.29, 1.82) is 0 Å². The molecule has 0 saturated carbocycles. The minimum atomic E-state index is -3.54. The molecular formula is C17H24N2O5S. The standard InChI is InChI=1S/C17H24N2O5S/c1-13-11-18(12-14(2)24-13)17(20)15-3-5-16(6-4-15)25(21,22)19-7-9-23-10-8-19/h3-6,13-14H,7-12H2,1-2H3/t13-,14-/m0/s1. The van der Waals surface area contributed by atoms with E-state index in [1.165, 1.54) is 16.4 Å². The first-order valence-electron chi connectivity index (χ1n) is 8.50. The molecule has 2 atom stereocenters. The molecule has 0 radical (unpaired) electrons. The van der Waals surface area contributed by atoms with Crippen LogP contribution in [-0.4, -0.2) is 75.1 Å². The maximum atomic E-state index is 12.6. The highest BCUT2D eigenvalue weighted by Gasteiger charge is 2.28. The fourth-order valence-electron chi connectivity index (χ4n) is 3.23. The molecule has 0 spiro atoms. The van der Waals surface area contributed by atoms with Crippen LogP contribution in [0, 0.1) is 0 Å². The molecule has 3 rings (SSSR count). The van der Waals surface area contributed by atoms with E-state index in [0.717, 1.165) is 0 Å². The monoisotopic (exact) mass is 368 g/mol. The van der Waals surface area contributed by atoms with Crippen molar-refractivity contribution in [3.8, 4) is 0 Å². The number of nitrogens with zero attached hydrogens (tertiary/aromatic N) is 2. The molecule has 2 heterocycles. The van der Waals surface area contributed by atoms with Crippen molar-refractivity contribution in [3.63, 3.8) is 0 Å². The van der Waals surface area contributed by atoms with Crippen LogP contribution in [0.2, 0.25) is 0 Å². The van der Waals surface area contributed by atoms with Crippen molar-refractivity contribution in [2.24, 2.45) is 0 Å². The summed E-state index contributed by atoms with van der Waals surface area (Å²) in [7, 11) is -3.54. The van der Waals surface area contributed by atoms with Crippen molar-refractivity contribution in [1.82, 2.24) is 9.21 Å². The van der Waals surface area contributed by atoms with Crippen LogP contribution in [0.5, 0.6) is 0 Å². The summed E-state index contributed by atoms with van der Waals surface area (Å²) in [5.74, 6) is -0.0997. The number of sulfonamides is 1. The second-order valence-electron chi connectivity index (χ2n) is 6.51. The molecule has 2 aliphatic heterocycles. The highest BCUT2D eigenvalue weighted by Crippen LogP contribution is 2.19. The molecule has 138 valence electrons. The molecule has 2 aliphatic rings. The molecule has 0 N–H and O–H groups in total. The molecule has 1 aromatic rings. The van der Waals surface area contributed by atoms with Gasteiger partial charge in [0.2, 0.25) is 10.0 Å². The van der Waals surface area contributed by atoms with Gasteiger partial charge in [-0.2, -0.15) is 4.31 Å². The highest BCUT2D eigenvalue weighted by atomic mass is 32.2. The molecule has 2 saturated heterocycles. The third-order valence-electron chi connectivity index (χ3n) is 4.42. The van der Waals surface area contributed by atoms with Gasteiger partial charge in [0.15, 0.2) is 0 Å². The van der Waals surface area contributed by atoms with Gasteiger partial charge in [0, 0.05) is 31.7 Å². The Morgan fingerprint density at radius 1 is 1.04 bits per heavy atom. The number of morpholine rings is 2. The summed E-state index contributed by atoms with van der Waals surface area (Å²) in [6.07, 6.45) is -0.0117. The molecule has 1 amide bonds. The number of carbonyl (C=O) groups is 1. The predicted octanol–water partition coefficient (Wildman–Crippen LogP) is 0.957. The zero-order chi connectivity index (χ0) is 18.0. The number of carbonyl (C=O) groups excluding carboxylic acids is 1. The summed E-state index contributed by atoms with van der Waals surface area (Å²) < 4.78 is 37.5. The number of hydrogen-bond donors (Lipinski definition) is 0. The number of rotatable bonds is 3. The topological polar surface area (TPSA) is 76.2 Å². The Kier molecular flexibility index (Phi) is 5.43. The Labute approximate surface area is 148 Å². The van der Waals surface area contributed by atoms with E-state index in [2.05, 4.69) is 0 Å². The average Bonchev–Trinajstić information content (AvgIpc) is 2.61. The lowest BCUT2D eigenvalue weighted by Crippen LogP contribution is -2.48. The van der Waals surface area contributed by atoms with Gasteiger partial charge in [-0.1, -0.05) is 0 Å². The molecule has 0 bridgehead atoms. The third kappa shape index (κ3) is 4.03. The lowest BCUT2D eigenvalue weighted by Gasteiger charge is -2.35. The summed E-state index contributed by atoms with van der Waals surface area (Å²) in [4.78, 5) is 14.6. The van der Waals surface area contributed by atoms with Gasteiger partial charge < -0.3 is 14.4 Å². The lowest BCUT2D eigenvalue weighted by molar-refractivity contribution is -0.0586. The van der Waals surface area contributed by atoms with Gasteiger partial charge in [-0.15, -0.1) is 0 Å². The van der Waals surface area contributed by atoms with E-state index >= 15 is 0 Å². The van der Waals surface area contributed by atoms with E-state index in [4.69, 9.17) is 9.47 Å². The molecule has 2 fully saturated rings. The molecular weight excluding hydrogens is 344 g/mol. The normalized spacial score (nSPS) is 25.8. The first-order chi connectivity index (χ1) is 11.9. The summed E-state index contributed by atoms with van der Waals surface area (Å²) >= 11 is 0. The van der Waals surface area contributed by atoms with Crippen LogP contribution in [0.3, 0.4) is 0 Å². The lowest BCUT2D eigenvalue weighted by atomic mass is 10.1. The van der Waals surface area contributed by atoms with E-state index in [1.807, 2.05) is 13.8 Å². The van der Waals surface area contributed by atoms with Gasteiger partial charge in [0.25, 0.3) is 5.91 Å². The van der Waals surface area contributed by atoms with Crippen molar-refractivity contribution in [2.45, 2.75) is 31.0 Å². The second kappa shape index (κ2) is 7.41. The second-order valence-corrected chi connectivity index (χ2v) is 8.45. The SMILES string of the molecule is C[C@H]1CN(C(=O)c2ccc(S(=O)(=O)N3CCOCC3)cc2)C[C@H](C)O1. The number of hydrogen-bond acceptors (Lipinski definition) is 5. The van der Waals surface area contributed by atoms with Crippen LogP contribution in [-0.2, 0) is 19.5 Å². The van der Waals surface area contributed by atoms with Gasteiger partial charge in [0.1, 0.15) is 0 Å². The summed E-state index contributed by atoms with van der Waals surface area (Å²) in [5.41, 5.74) is 0.488. The Bertz CT molecular complexity index is 703. The van der Waals surface area contributed by atoms with Crippen LogP contribution in [0.25, 0.3) is 0 Å². The Hall–Kier alpha value is -1.48. The summed E-state index contributed by atoms with van der Waals surface area (Å²) in [6.45, 7) is 6.47. The Morgan fingerprint density at radius 2 is 1.60 bits per heavy atom. The van der Waals surface area contributed by atoms with Crippen LogP contribution in [0.15, 0.2) is 29.2 Å². The first kappa shape index (κ1) is 18.3. The van der Waals surface area contributed by atoms with E-state index < -0.39 is 10.0 Å². The average molecular weight is 368 g/mol. The van der Waals surface area contributed by atoms with Gasteiger partial charge in [-0.3, -0.25) is 4.79 Å². The van der Waals surface area contributed by atoms with Crippen molar-refractivity contribution in [2.75, 3.05) is 39.4 Å². The van der Waals surface area contributed by atoms with E-state index in [1.54, 1.807) is 17.0 Å². The van der Waals surface area contributed by atoms with Gasteiger partial charge >= 0.3 is 0 Å². The van der Waals surface area contributed by atoms with E-state index in [-0.39, 0.29) is 23.0 Å². The summed E-state index contributed by atoms with van der Waals surface area (Å²) in [5, 5.41) is 0. The van der Waals surface area contributed by atoms with Crippen molar-refractivity contribution in [3.05, 3.63) is 29.8 Å². The summed E-state index contributed by atoms with van der Waals surface area (Å²) in [6, 6.07) is 6.18. The maximum absolute atomic E-state index is 12.6. The number of amides is 1. The highest BCUT2D eigenvalue weighted by molar-refractivity contribution is 7.89. The van der Waals surface area contributed by atoms with Gasteiger partial charge in [-0.25, -0.2) is 8.42 Å². The Morgan fingerprint density at radius 3 is 2.16 bits per heavy atom. The van der Waals surface area contributed by atoms with Gasteiger partial charge in [0.05, 0.1) is 30.3 Å². The largest absolute Gasteiger partial charge is 0.379 e. The smallest absolute Gasteiger partial charge is 0.254 e. The van der Waals surface area contributed by atoms with Crippen LogP contribution in [0.1, 0.15) is 24.2 Å². The number of benzene rings is 1. The quantitative estimate of drug-likeness (QED) is 0.794. The molecule has 0 aromatic heterocycles. The maximum Gasteiger partial charge on any atom is 0.254 e. The zero-order valence-electron chi connectivity index (χ0n) is 14.6. The zero-order valence-corrected chi connectivity index (χ0v) is 15.4. The molecule has 1 aromatic carbocycles. The van der Waals surface area contributed by atoms with Crippen LogP contribution >= 0.6 is 0 Å². The van der Waals surface area contributed by atoms with Crippen molar-refractivity contribution < 1.29 is 22.7 Å². The molecule has 25 heavy (non-hydrogen) atoms. The van der Waals surface area contributed by atoms with E-state index in [9.17, 15) is 13.2 Å². The fourth-order valence-corrected chi connectivity index (χ4v) is 4.64. The Balaban J connectivity index is 1.74. The van der Waals surface area contributed by atoms with Gasteiger partial charge in [-0.05, 0) is 38.1 Å². The first-order valence-corrected chi connectivity index (χ1v) is 9.94. The predicted molar refractivity (Wildman–Crippen MR) is 91.9 cm³/mol.